The fourth-order valence-corrected chi connectivity index (χ4v) is 3.35. The lowest BCUT2D eigenvalue weighted by atomic mass is 10.2. The Morgan fingerprint density at radius 1 is 1.24 bits per heavy atom. The summed E-state index contributed by atoms with van der Waals surface area (Å²) in [4.78, 5) is 8.00. The molecule has 1 fully saturated rings. The summed E-state index contributed by atoms with van der Waals surface area (Å²) >= 11 is 1.87. The Kier molecular flexibility index (Phi) is 3.34. The molecule has 1 aliphatic rings. The minimum atomic E-state index is 0.651. The number of fused-ring (bicyclic) bond motifs is 1. The van der Waals surface area contributed by atoms with Gasteiger partial charge in [0.05, 0.1) is 11.0 Å². The number of hydrogen-bond acceptors (Lipinski definition) is 3. The van der Waals surface area contributed by atoms with Gasteiger partial charge < -0.3 is 10.3 Å². The second-order valence-electron chi connectivity index (χ2n) is 4.50. The molecule has 0 amide bonds. The third-order valence-electron chi connectivity index (χ3n) is 3.15. The van der Waals surface area contributed by atoms with Crippen LogP contribution in [0.3, 0.4) is 0 Å². The summed E-state index contributed by atoms with van der Waals surface area (Å²) in [5, 5.41) is 5.20. The molecule has 3 nitrogen and oxygen atoms in total. The smallest absolute Gasteiger partial charge is 0.166 e. The molecule has 1 aromatic heterocycles. The molecule has 90 valence electrons. The molecule has 2 aromatic rings. The van der Waals surface area contributed by atoms with Crippen molar-refractivity contribution in [3.63, 3.8) is 0 Å². The second kappa shape index (κ2) is 5.10. The number of rotatable bonds is 2. The maximum Gasteiger partial charge on any atom is 0.166 e. The Labute approximate surface area is 105 Å². The number of aromatic amines is 1. The first-order chi connectivity index (χ1) is 8.42. The number of hydrogen-bond donors (Lipinski definition) is 2. The van der Waals surface area contributed by atoms with Crippen LogP contribution in [0.5, 0.6) is 0 Å². The van der Waals surface area contributed by atoms with Crippen LogP contribution < -0.4 is 5.32 Å². The molecular formula is C13H17N3S. The van der Waals surface area contributed by atoms with Gasteiger partial charge in [-0.05, 0) is 31.5 Å². The van der Waals surface area contributed by atoms with Crippen LogP contribution in [0.2, 0.25) is 0 Å². The molecule has 0 spiro atoms. The van der Waals surface area contributed by atoms with Crippen molar-refractivity contribution in [3.8, 4) is 0 Å². The largest absolute Gasteiger partial charge is 0.333 e. The van der Waals surface area contributed by atoms with E-state index < -0.39 is 0 Å². The van der Waals surface area contributed by atoms with Gasteiger partial charge >= 0.3 is 0 Å². The summed E-state index contributed by atoms with van der Waals surface area (Å²) in [6.07, 6.45) is 3.91. The summed E-state index contributed by atoms with van der Waals surface area (Å²) in [5.74, 6) is 0. The highest BCUT2D eigenvalue weighted by atomic mass is 32.2. The van der Waals surface area contributed by atoms with Crippen molar-refractivity contribution in [1.82, 2.24) is 15.3 Å². The average molecular weight is 247 g/mol. The van der Waals surface area contributed by atoms with Gasteiger partial charge in [-0.15, -0.1) is 0 Å². The van der Waals surface area contributed by atoms with Crippen LogP contribution in [0.15, 0.2) is 29.4 Å². The number of benzene rings is 1. The zero-order valence-electron chi connectivity index (χ0n) is 9.78. The Bertz CT molecular complexity index is 453. The predicted molar refractivity (Wildman–Crippen MR) is 72.5 cm³/mol. The van der Waals surface area contributed by atoms with E-state index in [9.17, 15) is 0 Å². The van der Waals surface area contributed by atoms with Gasteiger partial charge in [0.25, 0.3) is 0 Å². The molecule has 1 atom stereocenters. The zero-order valence-corrected chi connectivity index (χ0v) is 10.6. The van der Waals surface area contributed by atoms with E-state index in [0.29, 0.717) is 5.25 Å². The lowest BCUT2D eigenvalue weighted by molar-refractivity contribution is 0.706. The van der Waals surface area contributed by atoms with Gasteiger partial charge in [0.15, 0.2) is 5.16 Å². The summed E-state index contributed by atoms with van der Waals surface area (Å²) in [6, 6.07) is 8.21. The fraction of sp³-hybridized carbons (Fsp3) is 0.462. The van der Waals surface area contributed by atoms with Gasteiger partial charge in [-0.25, -0.2) is 4.98 Å². The van der Waals surface area contributed by atoms with Crippen molar-refractivity contribution in [3.05, 3.63) is 24.3 Å². The molecule has 0 bridgehead atoms. The number of nitrogens with one attached hydrogen (secondary N) is 2. The number of nitrogens with zero attached hydrogens (tertiary/aromatic N) is 1. The molecule has 1 unspecified atom stereocenters. The van der Waals surface area contributed by atoms with E-state index in [1.54, 1.807) is 0 Å². The van der Waals surface area contributed by atoms with Crippen LogP contribution in [0.1, 0.15) is 19.3 Å². The van der Waals surface area contributed by atoms with Gasteiger partial charge in [0.1, 0.15) is 0 Å². The van der Waals surface area contributed by atoms with E-state index in [1.807, 2.05) is 23.9 Å². The molecule has 1 aromatic carbocycles. The molecule has 2 N–H and O–H groups in total. The molecular weight excluding hydrogens is 230 g/mol. The van der Waals surface area contributed by atoms with E-state index in [0.717, 1.165) is 29.3 Å². The topological polar surface area (TPSA) is 40.7 Å². The van der Waals surface area contributed by atoms with Crippen molar-refractivity contribution < 1.29 is 0 Å². The fourth-order valence-electron chi connectivity index (χ4n) is 2.23. The molecule has 0 saturated carbocycles. The Hall–Kier alpha value is -1.00. The summed E-state index contributed by atoms with van der Waals surface area (Å²) < 4.78 is 0. The summed E-state index contributed by atoms with van der Waals surface area (Å²) in [5.41, 5.74) is 2.20. The van der Waals surface area contributed by atoms with Crippen molar-refractivity contribution in [2.75, 3.05) is 13.1 Å². The minimum Gasteiger partial charge on any atom is -0.333 e. The van der Waals surface area contributed by atoms with Crippen LogP contribution in [-0.4, -0.2) is 28.3 Å². The Morgan fingerprint density at radius 3 is 3.12 bits per heavy atom. The molecule has 0 aliphatic carbocycles. The lowest BCUT2D eigenvalue weighted by Crippen LogP contribution is -2.22. The normalized spacial score (nSPS) is 21.5. The minimum absolute atomic E-state index is 0.651. The van der Waals surface area contributed by atoms with Crippen LogP contribution in [-0.2, 0) is 0 Å². The quantitative estimate of drug-likeness (QED) is 0.857. The predicted octanol–water partition coefficient (Wildman–Crippen LogP) is 2.80. The third kappa shape index (κ3) is 2.64. The summed E-state index contributed by atoms with van der Waals surface area (Å²) in [7, 11) is 0. The first-order valence-corrected chi connectivity index (χ1v) is 7.12. The first-order valence-electron chi connectivity index (χ1n) is 6.24. The van der Waals surface area contributed by atoms with E-state index >= 15 is 0 Å². The summed E-state index contributed by atoms with van der Waals surface area (Å²) in [6.45, 7) is 2.26. The van der Waals surface area contributed by atoms with Gasteiger partial charge in [-0.1, -0.05) is 30.3 Å². The van der Waals surface area contributed by atoms with E-state index in [4.69, 9.17) is 0 Å². The van der Waals surface area contributed by atoms with Gasteiger partial charge in [0, 0.05) is 11.8 Å². The molecule has 3 rings (SSSR count). The van der Waals surface area contributed by atoms with Crippen molar-refractivity contribution >= 4 is 22.8 Å². The highest BCUT2D eigenvalue weighted by molar-refractivity contribution is 7.99. The van der Waals surface area contributed by atoms with Crippen LogP contribution in [0.4, 0.5) is 0 Å². The first kappa shape index (κ1) is 11.1. The highest BCUT2D eigenvalue weighted by Gasteiger charge is 2.15. The maximum atomic E-state index is 4.62. The van der Waals surface area contributed by atoms with Crippen molar-refractivity contribution in [2.45, 2.75) is 29.7 Å². The highest BCUT2D eigenvalue weighted by Crippen LogP contribution is 2.26. The number of imidazole rings is 1. The van der Waals surface area contributed by atoms with Crippen LogP contribution >= 0.6 is 11.8 Å². The van der Waals surface area contributed by atoms with Gasteiger partial charge in [-0.2, -0.15) is 0 Å². The zero-order chi connectivity index (χ0) is 11.5. The Morgan fingerprint density at radius 2 is 2.18 bits per heavy atom. The van der Waals surface area contributed by atoms with E-state index in [2.05, 4.69) is 27.4 Å². The average Bonchev–Trinajstić information content (AvgIpc) is 2.57. The molecule has 2 heterocycles. The molecule has 0 radical (unpaired) electrons. The lowest BCUT2D eigenvalue weighted by Gasteiger charge is -2.11. The number of para-hydroxylation sites is 2. The second-order valence-corrected chi connectivity index (χ2v) is 5.79. The standard InChI is InChI=1S/C13H17N3S/c1-2-7-12-11(6-1)15-13(16-12)17-10-5-3-4-8-14-9-10/h1-2,6-7,10,14H,3-5,8-9H2,(H,15,16). The number of thioether (sulfide) groups is 1. The molecule has 4 heteroatoms. The molecule has 1 aliphatic heterocycles. The SMILES string of the molecule is c1ccc2[nH]c(SC3CCCCNC3)nc2c1. The van der Waals surface area contributed by atoms with Crippen LogP contribution in [0.25, 0.3) is 11.0 Å². The van der Waals surface area contributed by atoms with Gasteiger partial charge in [-0.3, -0.25) is 0 Å². The number of aromatic nitrogens is 2. The Balaban J connectivity index is 1.75. The van der Waals surface area contributed by atoms with Crippen LogP contribution in [0, 0.1) is 0 Å². The third-order valence-corrected chi connectivity index (χ3v) is 4.30. The van der Waals surface area contributed by atoms with Gasteiger partial charge in [0.2, 0.25) is 0 Å². The van der Waals surface area contributed by atoms with Crippen molar-refractivity contribution in [2.24, 2.45) is 0 Å². The monoisotopic (exact) mass is 247 g/mol. The molecule has 17 heavy (non-hydrogen) atoms. The number of H-pyrrole nitrogens is 1. The maximum absolute atomic E-state index is 4.62. The van der Waals surface area contributed by atoms with E-state index in [-0.39, 0.29) is 0 Å². The van der Waals surface area contributed by atoms with E-state index in [1.165, 1.54) is 19.3 Å². The van der Waals surface area contributed by atoms with Crippen molar-refractivity contribution in [1.29, 1.82) is 0 Å². The molecule has 1 saturated heterocycles.